The molecule has 0 aliphatic carbocycles. The average Bonchev–Trinajstić information content (AvgIpc) is 2.25. The van der Waals surface area contributed by atoms with Crippen LogP contribution in [0.5, 0.6) is 0 Å². The molecule has 1 aliphatic rings. The molecule has 0 aromatic heterocycles. The number of hydrogen-bond donors (Lipinski definition) is 1. The topological polar surface area (TPSA) is 12.0 Å². The van der Waals surface area contributed by atoms with E-state index < -0.39 is 12.1 Å². The fraction of sp³-hybridized carbons (Fsp3) is 1.00. The summed E-state index contributed by atoms with van der Waals surface area (Å²) in [5, 5.41) is 3.05. The molecule has 0 saturated carbocycles. The van der Waals surface area contributed by atoms with Crippen molar-refractivity contribution in [1.29, 1.82) is 0 Å². The normalized spacial score (nSPS) is 27.4. The summed E-state index contributed by atoms with van der Waals surface area (Å²) in [6, 6.07) is 0.295. The molecule has 1 rings (SSSR count). The van der Waals surface area contributed by atoms with Gasteiger partial charge in [-0.15, -0.1) is 0 Å². The van der Waals surface area contributed by atoms with Crippen LogP contribution >= 0.6 is 0 Å². The monoisotopic (exact) mass is 237 g/mol. The molecule has 1 N–H and O–H groups in total. The zero-order valence-corrected chi connectivity index (χ0v) is 10.1. The van der Waals surface area contributed by atoms with Crippen LogP contribution in [0.25, 0.3) is 0 Å². The smallest absolute Gasteiger partial charge is 0.313 e. The lowest BCUT2D eigenvalue weighted by Crippen LogP contribution is -2.44. The Hall–Kier alpha value is -0.250. The van der Waals surface area contributed by atoms with Gasteiger partial charge in [-0.25, -0.2) is 0 Å². The molecule has 0 aromatic rings. The minimum atomic E-state index is -4.02. The van der Waals surface area contributed by atoms with Gasteiger partial charge in [-0.05, 0) is 25.2 Å². The van der Waals surface area contributed by atoms with E-state index in [0.29, 0.717) is 24.8 Å². The van der Waals surface area contributed by atoms with Crippen molar-refractivity contribution in [2.45, 2.75) is 58.2 Å². The van der Waals surface area contributed by atoms with Crippen molar-refractivity contribution in [3.05, 3.63) is 0 Å². The number of nitrogens with one attached hydrogen (secondary N) is 1. The number of alkyl halides is 3. The molecule has 2 unspecified atom stereocenters. The summed E-state index contributed by atoms with van der Waals surface area (Å²) in [7, 11) is 0. The van der Waals surface area contributed by atoms with Crippen molar-refractivity contribution in [2.24, 2.45) is 11.8 Å². The molecule has 1 heterocycles. The molecule has 96 valence electrons. The van der Waals surface area contributed by atoms with Gasteiger partial charge in [0, 0.05) is 12.6 Å². The maximum absolute atomic E-state index is 12.4. The Labute approximate surface area is 95.8 Å². The molecule has 1 fully saturated rings. The molecule has 1 nitrogen and oxygen atoms in total. The predicted molar refractivity (Wildman–Crippen MR) is 59.3 cm³/mol. The Balaban J connectivity index is 2.32. The zero-order chi connectivity index (χ0) is 12.2. The third-order valence-electron chi connectivity index (χ3n) is 3.75. The highest BCUT2D eigenvalue weighted by Crippen LogP contribution is 2.33. The Bertz CT molecular complexity index is 191. The minimum Gasteiger partial charge on any atom is -0.313 e. The van der Waals surface area contributed by atoms with Crippen LogP contribution in [-0.4, -0.2) is 18.8 Å². The molecule has 16 heavy (non-hydrogen) atoms. The van der Waals surface area contributed by atoms with Crippen molar-refractivity contribution >= 4 is 0 Å². The van der Waals surface area contributed by atoms with E-state index >= 15 is 0 Å². The van der Waals surface area contributed by atoms with Gasteiger partial charge in [0.25, 0.3) is 0 Å². The van der Waals surface area contributed by atoms with Crippen molar-refractivity contribution in [3.8, 4) is 0 Å². The summed E-state index contributed by atoms with van der Waals surface area (Å²) < 4.78 is 37.3. The van der Waals surface area contributed by atoms with Crippen LogP contribution in [0, 0.1) is 11.8 Å². The van der Waals surface area contributed by atoms with Crippen LogP contribution in [0.4, 0.5) is 13.2 Å². The molecular weight excluding hydrogens is 215 g/mol. The summed E-state index contributed by atoms with van der Waals surface area (Å²) in [5.74, 6) is -0.481. The first-order valence-electron chi connectivity index (χ1n) is 6.27. The fourth-order valence-corrected chi connectivity index (χ4v) is 2.42. The van der Waals surface area contributed by atoms with Crippen LogP contribution in [0.2, 0.25) is 0 Å². The van der Waals surface area contributed by atoms with E-state index in [9.17, 15) is 13.2 Å². The van der Waals surface area contributed by atoms with E-state index in [1.807, 2.05) is 0 Å². The number of rotatable bonds is 4. The van der Waals surface area contributed by atoms with Crippen molar-refractivity contribution in [3.63, 3.8) is 0 Å². The summed E-state index contributed by atoms with van der Waals surface area (Å²) in [4.78, 5) is 0. The first-order chi connectivity index (χ1) is 7.47. The highest BCUT2D eigenvalue weighted by molar-refractivity contribution is 4.82. The molecular formula is C12H22F3N. The maximum atomic E-state index is 12.4. The number of halogens is 3. The summed E-state index contributed by atoms with van der Waals surface area (Å²) >= 11 is 0. The van der Waals surface area contributed by atoms with Gasteiger partial charge in [0.1, 0.15) is 0 Å². The van der Waals surface area contributed by atoms with Crippen LogP contribution in [-0.2, 0) is 0 Å². The van der Waals surface area contributed by atoms with Crippen LogP contribution in [0.3, 0.4) is 0 Å². The maximum Gasteiger partial charge on any atom is 0.393 e. The SMILES string of the molecule is CCC(CC)CC1CCC(C(F)(F)F)CN1. The third-order valence-corrected chi connectivity index (χ3v) is 3.75. The van der Waals surface area contributed by atoms with E-state index in [2.05, 4.69) is 19.2 Å². The first-order valence-corrected chi connectivity index (χ1v) is 6.27. The fourth-order valence-electron chi connectivity index (χ4n) is 2.42. The Morgan fingerprint density at radius 1 is 1.19 bits per heavy atom. The Morgan fingerprint density at radius 3 is 2.19 bits per heavy atom. The number of hydrogen-bond acceptors (Lipinski definition) is 1. The lowest BCUT2D eigenvalue weighted by molar-refractivity contribution is -0.179. The molecule has 0 spiro atoms. The molecule has 0 radical (unpaired) electrons. The minimum absolute atomic E-state index is 0.105. The van der Waals surface area contributed by atoms with Gasteiger partial charge < -0.3 is 5.32 Å². The second kappa shape index (κ2) is 5.89. The highest BCUT2D eigenvalue weighted by atomic mass is 19.4. The van der Waals surface area contributed by atoms with Gasteiger partial charge in [0.05, 0.1) is 5.92 Å². The molecule has 1 saturated heterocycles. The first kappa shape index (κ1) is 13.8. The lowest BCUT2D eigenvalue weighted by atomic mass is 9.87. The van der Waals surface area contributed by atoms with Crippen molar-refractivity contribution < 1.29 is 13.2 Å². The zero-order valence-electron chi connectivity index (χ0n) is 10.1. The van der Waals surface area contributed by atoms with Crippen molar-refractivity contribution in [2.75, 3.05) is 6.54 Å². The average molecular weight is 237 g/mol. The largest absolute Gasteiger partial charge is 0.393 e. The Morgan fingerprint density at radius 2 is 1.81 bits per heavy atom. The van der Waals surface area contributed by atoms with Gasteiger partial charge in [-0.3, -0.25) is 0 Å². The summed E-state index contributed by atoms with van der Waals surface area (Å²) in [6.45, 7) is 4.40. The van der Waals surface area contributed by atoms with E-state index in [1.165, 1.54) is 0 Å². The second-order valence-electron chi connectivity index (χ2n) is 4.84. The summed E-state index contributed by atoms with van der Waals surface area (Å²) in [6.07, 6.45) is 0.210. The van der Waals surface area contributed by atoms with Crippen LogP contribution < -0.4 is 5.32 Å². The van der Waals surface area contributed by atoms with E-state index in [0.717, 1.165) is 19.3 Å². The Kier molecular flexibility index (Phi) is 5.09. The predicted octanol–water partition coefficient (Wildman–Crippen LogP) is 3.74. The van der Waals surface area contributed by atoms with E-state index in [4.69, 9.17) is 0 Å². The second-order valence-corrected chi connectivity index (χ2v) is 4.84. The quantitative estimate of drug-likeness (QED) is 0.785. The van der Waals surface area contributed by atoms with E-state index in [-0.39, 0.29) is 6.54 Å². The molecule has 0 amide bonds. The van der Waals surface area contributed by atoms with Gasteiger partial charge in [0.2, 0.25) is 0 Å². The van der Waals surface area contributed by atoms with Gasteiger partial charge >= 0.3 is 6.18 Å². The van der Waals surface area contributed by atoms with Gasteiger partial charge in [-0.2, -0.15) is 13.2 Å². The number of piperidine rings is 1. The van der Waals surface area contributed by atoms with E-state index in [1.54, 1.807) is 0 Å². The summed E-state index contributed by atoms with van der Waals surface area (Å²) in [5.41, 5.74) is 0. The van der Waals surface area contributed by atoms with Gasteiger partial charge in [-0.1, -0.05) is 26.7 Å². The molecule has 2 atom stereocenters. The molecule has 1 aliphatic heterocycles. The van der Waals surface area contributed by atoms with Crippen molar-refractivity contribution in [1.82, 2.24) is 5.32 Å². The van der Waals surface area contributed by atoms with Crippen LogP contribution in [0.1, 0.15) is 46.0 Å². The third kappa shape index (κ3) is 3.96. The van der Waals surface area contributed by atoms with Gasteiger partial charge in [0.15, 0.2) is 0 Å². The molecule has 0 bridgehead atoms. The molecule has 4 heteroatoms. The standard InChI is InChI=1S/C12H22F3N/c1-3-9(4-2)7-11-6-5-10(8-16-11)12(13,14)15/h9-11,16H,3-8H2,1-2H3. The highest BCUT2D eigenvalue weighted by Gasteiger charge is 2.41. The molecule has 0 aromatic carbocycles. The lowest BCUT2D eigenvalue weighted by Gasteiger charge is -2.32. The van der Waals surface area contributed by atoms with Crippen LogP contribution in [0.15, 0.2) is 0 Å².